The third-order valence-corrected chi connectivity index (χ3v) is 3.87. The summed E-state index contributed by atoms with van der Waals surface area (Å²) in [4.78, 5) is 25.2. The number of rotatable bonds is 7. The van der Waals surface area contributed by atoms with Crippen molar-refractivity contribution in [2.45, 2.75) is 38.3 Å². The Balaban J connectivity index is 1.64. The van der Waals surface area contributed by atoms with Crippen LogP contribution in [0.2, 0.25) is 0 Å². The van der Waals surface area contributed by atoms with Crippen LogP contribution in [0, 0.1) is 5.92 Å². The van der Waals surface area contributed by atoms with E-state index >= 15 is 0 Å². The van der Waals surface area contributed by atoms with Gasteiger partial charge in [0.1, 0.15) is 0 Å². The van der Waals surface area contributed by atoms with E-state index < -0.39 is 17.7 Å². The fourth-order valence-electron chi connectivity index (χ4n) is 2.45. The molecule has 6 nitrogen and oxygen atoms in total. The molecule has 2 fully saturated rings. The lowest BCUT2D eigenvalue weighted by Gasteiger charge is -2.39. The summed E-state index contributed by atoms with van der Waals surface area (Å²) in [5.74, 6) is -0.469. The highest BCUT2D eigenvalue weighted by molar-refractivity contribution is 6.38. The smallest absolute Gasteiger partial charge is 0.291 e. The molecule has 0 aromatic heterocycles. The van der Waals surface area contributed by atoms with E-state index in [9.17, 15) is 9.59 Å². The summed E-state index contributed by atoms with van der Waals surface area (Å²) in [6.45, 7) is 5.19. The van der Waals surface area contributed by atoms with Crippen molar-refractivity contribution in [1.29, 1.82) is 0 Å². The molecule has 2 unspecified atom stereocenters. The van der Waals surface area contributed by atoms with Gasteiger partial charge in [0.05, 0.1) is 25.4 Å². The molecule has 0 bridgehead atoms. The van der Waals surface area contributed by atoms with E-state index in [4.69, 9.17) is 15.2 Å². The van der Waals surface area contributed by atoms with Crippen molar-refractivity contribution in [2.24, 2.45) is 11.7 Å². The second-order valence-corrected chi connectivity index (χ2v) is 5.65. The van der Waals surface area contributed by atoms with E-state index in [1.54, 1.807) is 0 Å². The number of carbonyl (C=O) groups excluding carboxylic acids is 2. The van der Waals surface area contributed by atoms with Gasteiger partial charge in [0.2, 0.25) is 5.78 Å². The summed E-state index contributed by atoms with van der Waals surface area (Å²) in [6, 6.07) is -0.664. The maximum absolute atomic E-state index is 11.9. The van der Waals surface area contributed by atoms with E-state index in [-0.39, 0.29) is 6.10 Å². The molecule has 2 atom stereocenters. The second-order valence-electron chi connectivity index (χ2n) is 5.65. The molecule has 0 aromatic carbocycles. The Labute approximate surface area is 119 Å². The van der Waals surface area contributed by atoms with Crippen molar-refractivity contribution < 1.29 is 19.1 Å². The Morgan fingerprint density at radius 2 is 2.20 bits per heavy atom. The van der Waals surface area contributed by atoms with Gasteiger partial charge in [-0.3, -0.25) is 9.59 Å². The standard InChI is InChI=1S/C14H24N2O4/c1-2-3-12(15)13(17)14(18)16-6-11(7-16)20-9-10-4-5-19-8-10/h10-12H,2-9,15H2,1H3. The van der Waals surface area contributed by atoms with Crippen LogP contribution in [0.5, 0.6) is 0 Å². The van der Waals surface area contributed by atoms with Crippen LogP contribution >= 0.6 is 0 Å². The van der Waals surface area contributed by atoms with Gasteiger partial charge in [0, 0.05) is 25.6 Å². The van der Waals surface area contributed by atoms with E-state index in [2.05, 4.69) is 0 Å². The number of nitrogens with zero attached hydrogens (tertiary/aromatic N) is 1. The van der Waals surface area contributed by atoms with Gasteiger partial charge in [-0.15, -0.1) is 0 Å². The SMILES string of the molecule is CCCC(N)C(=O)C(=O)N1CC(OCC2CCOC2)C1. The van der Waals surface area contributed by atoms with Crippen LogP contribution in [0.4, 0.5) is 0 Å². The topological polar surface area (TPSA) is 81.9 Å². The first-order valence-electron chi connectivity index (χ1n) is 7.39. The Kier molecular flexibility index (Phi) is 5.51. The third kappa shape index (κ3) is 3.77. The molecule has 2 N–H and O–H groups in total. The summed E-state index contributed by atoms with van der Waals surface area (Å²) < 4.78 is 11.0. The molecule has 1 amide bonds. The lowest BCUT2D eigenvalue weighted by molar-refractivity contribution is -0.155. The molecule has 2 aliphatic rings. The van der Waals surface area contributed by atoms with Crippen molar-refractivity contribution in [2.75, 3.05) is 32.9 Å². The molecule has 20 heavy (non-hydrogen) atoms. The van der Waals surface area contributed by atoms with Gasteiger partial charge >= 0.3 is 0 Å². The molecule has 0 radical (unpaired) electrons. The molecule has 0 aromatic rings. The fraction of sp³-hybridized carbons (Fsp3) is 0.857. The highest BCUT2D eigenvalue weighted by Gasteiger charge is 2.36. The summed E-state index contributed by atoms with van der Waals surface area (Å²) in [5.41, 5.74) is 5.68. The van der Waals surface area contributed by atoms with E-state index in [1.807, 2.05) is 6.92 Å². The highest BCUT2D eigenvalue weighted by atomic mass is 16.5. The van der Waals surface area contributed by atoms with Gasteiger partial charge in [-0.2, -0.15) is 0 Å². The van der Waals surface area contributed by atoms with Gasteiger partial charge in [-0.25, -0.2) is 0 Å². The molecule has 2 heterocycles. The summed E-state index contributed by atoms with van der Waals surface area (Å²) in [6.07, 6.45) is 2.45. The van der Waals surface area contributed by atoms with Gasteiger partial charge in [0.25, 0.3) is 5.91 Å². The van der Waals surface area contributed by atoms with Crippen molar-refractivity contribution in [3.63, 3.8) is 0 Å². The molecule has 0 spiro atoms. The van der Waals surface area contributed by atoms with Crippen LogP contribution in [0.25, 0.3) is 0 Å². The first-order chi connectivity index (χ1) is 9.61. The van der Waals surface area contributed by atoms with Crippen LogP contribution in [0.3, 0.4) is 0 Å². The molecular formula is C14H24N2O4. The van der Waals surface area contributed by atoms with Crippen molar-refractivity contribution in [3.05, 3.63) is 0 Å². The number of nitrogens with two attached hydrogens (primary N) is 1. The number of ether oxygens (including phenoxy) is 2. The molecule has 2 rings (SSSR count). The van der Waals surface area contributed by atoms with Crippen LogP contribution in [-0.4, -0.2) is 61.6 Å². The van der Waals surface area contributed by atoms with Crippen LogP contribution in [-0.2, 0) is 19.1 Å². The Morgan fingerprint density at radius 1 is 1.45 bits per heavy atom. The molecule has 6 heteroatoms. The lowest BCUT2D eigenvalue weighted by Crippen LogP contribution is -2.58. The van der Waals surface area contributed by atoms with Gasteiger partial charge < -0.3 is 20.1 Å². The monoisotopic (exact) mass is 284 g/mol. The number of likely N-dealkylation sites (tertiary alicyclic amines) is 1. The minimum Gasteiger partial charge on any atom is -0.381 e. The van der Waals surface area contributed by atoms with Gasteiger partial charge in [0.15, 0.2) is 0 Å². The second kappa shape index (κ2) is 7.15. The molecule has 0 aliphatic carbocycles. The minimum absolute atomic E-state index is 0.0507. The highest BCUT2D eigenvalue weighted by Crippen LogP contribution is 2.17. The van der Waals surface area contributed by atoms with Crippen LogP contribution < -0.4 is 5.73 Å². The zero-order valence-electron chi connectivity index (χ0n) is 12.0. The Bertz CT molecular complexity index is 349. The quantitative estimate of drug-likeness (QED) is 0.663. The number of hydrogen-bond donors (Lipinski definition) is 1. The fourth-order valence-corrected chi connectivity index (χ4v) is 2.45. The zero-order valence-corrected chi connectivity index (χ0v) is 12.0. The first kappa shape index (κ1) is 15.4. The number of hydrogen-bond acceptors (Lipinski definition) is 5. The lowest BCUT2D eigenvalue weighted by atomic mass is 10.0. The van der Waals surface area contributed by atoms with Crippen molar-refractivity contribution >= 4 is 11.7 Å². The van der Waals surface area contributed by atoms with Crippen LogP contribution in [0.1, 0.15) is 26.2 Å². The maximum atomic E-state index is 11.9. The molecule has 2 saturated heterocycles. The summed E-state index contributed by atoms with van der Waals surface area (Å²) >= 11 is 0. The van der Waals surface area contributed by atoms with Crippen molar-refractivity contribution in [3.8, 4) is 0 Å². The maximum Gasteiger partial charge on any atom is 0.291 e. The summed E-state index contributed by atoms with van der Waals surface area (Å²) in [7, 11) is 0. The largest absolute Gasteiger partial charge is 0.381 e. The van der Waals surface area contributed by atoms with Crippen LogP contribution in [0.15, 0.2) is 0 Å². The third-order valence-electron chi connectivity index (χ3n) is 3.87. The predicted octanol–water partition coefficient (Wildman–Crippen LogP) is -0.0532. The number of ketones is 1. The normalized spacial score (nSPS) is 24.5. The van der Waals surface area contributed by atoms with E-state index in [1.165, 1.54) is 4.90 Å². The van der Waals surface area contributed by atoms with E-state index in [0.717, 1.165) is 26.1 Å². The number of carbonyl (C=O) groups is 2. The zero-order chi connectivity index (χ0) is 14.5. The summed E-state index contributed by atoms with van der Waals surface area (Å²) in [5, 5.41) is 0. The molecular weight excluding hydrogens is 260 g/mol. The molecule has 114 valence electrons. The van der Waals surface area contributed by atoms with Gasteiger partial charge in [-0.1, -0.05) is 13.3 Å². The Hall–Kier alpha value is -0.980. The van der Waals surface area contributed by atoms with Crippen molar-refractivity contribution in [1.82, 2.24) is 4.90 Å². The number of amides is 1. The average Bonchev–Trinajstić information content (AvgIpc) is 2.89. The Morgan fingerprint density at radius 3 is 2.80 bits per heavy atom. The van der Waals surface area contributed by atoms with E-state index in [0.29, 0.717) is 32.0 Å². The number of Topliss-reactive ketones (excluding diaryl/α,β-unsaturated/α-hetero) is 1. The molecule has 0 saturated carbocycles. The predicted molar refractivity (Wildman–Crippen MR) is 73.1 cm³/mol. The molecule has 2 aliphatic heterocycles. The minimum atomic E-state index is -0.664. The first-order valence-corrected chi connectivity index (χ1v) is 7.39. The van der Waals surface area contributed by atoms with Gasteiger partial charge in [-0.05, 0) is 12.8 Å². The average molecular weight is 284 g/mol.